The number of benzene rings is 1. The van der Waals surface area contributed by atoms with Crippen molar-refractivity contribution in [1.82, 2.24) is 14.9 Å². The third kappa shape index (κ3) is 1.69. The van der Waals surface area contributed by atoms with E-state index in [-0.39, 0.29) is 0 Å². The van der Waals surface area contributed by atoms with E-state index in [1.165, 1.54) is 44.2 Å². The largest absolute Gasteiger partial charge is 0.302 e. The molecule has 0 spiro atoms. The highest BCUT2D eigenvalue weighted by Crippen LogP contribution is 2.48. The standard InChI is InChI=1S/C17H21N3/c1-20-11-8-17(7-3-2-4-16(17)20)13-5-6-14-15(12-13)19-10-9-18-14/h5-6,9-10,12,16H,2-4,7-8,11H2,1H3/t16?,17-/m0/s1. The van der Waals surface area contributed by atoms with Gasteiger partial charge in [-0.2, -0.15) is 0 Å². The van der Waals surface area contributed by atoms with Crippen molar-refractivity contribution in [1.29, 1.82) is 0 Å². The summed E-state index contributed by atoms with van der Waals surface area (Å²) < 4.78 is 0. The molecule has 3 nitrogen and oxygen atoms in total. The molecule has 0 N–H and O–H groups in total. The van der Waals surface area contributed by atoms with E-state index in [9.17, 15) is 0 Å². The number of likely N-dealkylation sites (N-methyl/N-ethyl adjacent to an activating group) is 1. The highest BCUT2D eigenvalue weighted by molar-refractivity contribution is 5.75. The summed E-state index contributed by atoms with van der Waals surface area (Å²) in [5, 5.41) is 0. The molecule has 2 fully saturated rings. The van der Waals surface area contributed by atoms with Crippen molar-refractivity contribution < 1.29 is 0 Å². The fraction of sp³-hybridized carbons (Fsp3) is 0.529. The molecule has 2 atom stereocenters. The first-order valence-corrected chi connectivity index (χ1v) is 7.71. The minimum Gasteiger partial charge on any atom is -0.302 e. The van der Waals surface area contributed by atoms with Gasteiger partial charge in [0.15, 0.2) is 0 Å². The molecule has 0 bridgehead atoms. The monoisotopic (exact) mass is 267 g/mol. The van der Waals surface area contributed by atoms with Crippen LogP contribution in [0, 0.1) is 0 Å². The summed E-state index contributed by atoms with van der Waals surface area (Å²) in [5.74, 6) is 0. The van der Waals surface area contributed by atoms with Crippen LogP contribution in [0.25, 0.3) is 11.0 Å². The van der Waals surface area contributed by atoms with Crippen molar-refractivity contribution in [2.24, 2.45) is 0 Å². The summed E-state index contributed by atoms with van der Waals surface area (Å²) in [6.45, 7) is 1.23. The molecular formula is C17H21N3. The third-order valence-electron chi connectivity index (χ3n) is 5.48. The fourth-order valence-electron chi connectivity index (χ4n) is 4.44. The quantitative estimate of drug-likeness (QED) is 0.795. The van der Waals surface area contributed by atoms with Crippen molar-refractivity contribution >= 4 is 11.0 Å². The Balaban J connectivity index is 1.84. The zero-order valence-corrected chi connectivity index (χ0v) is 12.0. The molecule has 1 saturated carbocycles. The van der Waals surface area contributed by atoms with E-state index in [1.807, 2.05) is 0 Å². The Kier molecular flexibility index (Phi) is 2.77. The van der Waals surface area contributed by atoms with Gasteiger partial charge in [-0.15, -0.1) is 0 Å². The smallest absolute Gasteiger partial charge is 0.0889 e. The summed E-state index contributed by atoms with van der Waals surface area (Å²) in [7, 11) is 2.29. The summed E-state index contributed by atoms with van der Waals surface area (Å²) in [5.41, 5.74) is 3.89. The zero-order valence-electron chi connectivity index (χ0n) is 12.0. The van der Waals surface area contributed by atoms with Gasteiger partial charge in [-0.25, -0.2) is 0 Å². The zero-order chi connectivity index (χ0) is 13.6. The molecule has 1 aliphatic carbocycles. The average Bonchev–Trinajstić information content (AvgIpc) is 2.86. The lowest BCUT2D eigenvalue weighted by molar-refractivity contribution is 0.182. The lowest BCUT2D eigenvalue weighted by Crippen LogP contribution is -2.43. The Morgan fingerprint density at radius 2 is 1.95 bits per heavy atom. The molecule has 104 valence electrons. The molecular weight excluding hydrogens is 246 g/mol. The molecule has 2 aliphatic rings. The van der Waals surface area contributed by atoms with Gasteiger partial charge in [-0.05, 0) is 50.6 Å². The van der Waals surface area contributed by atoms with Crippen LogP contribution in [0.5, 0.6) is 0 Å². The molecule has 4 rings (SSSR count). The number of rotatable bonds is 1. The number of nitrogens with zero attached hydrogens (tertiary/aromatic N) is 3. The summed E-state index contributed by atoms with van der Waals surface area (Å²) in [6.07, 6.45) is 10.3. The van der Waals surface area contributed by atoms with E-state index in [0.29, 0.717) is 11.5 Å². The average molecular weight is 267 g/mol. The lowest BCUT2D eigenvalue weighted by Gasteiger charge is -2.41. The van der Waals surface area contributed by atoms with Gasteiger partial charge in [-0.3, -0.25) is 9.97 Å². The first-order valence-electron chi connectivity index (χ1n) is 7.71. The first-order chi connectivity index (χ1) is 9.79. The predicted molar refractivity (Wildman–Crippen MR) is 80.7 cm³/mol. The number of hydrogen-bond acceptors (Lipinski definition) is 3. The van der Waals surface area contributed by atoms with Crippen molar-refractivity contribution in [3.8, 4) is 0 Å². The van der Waals surface area contributed by atoms with Crippen LogP contribution >= 0.6 is 0 Å². The molecule has 0 radical (unpaired) electrons. The SMILES string of the molecule is CN1CC[C@]2(c3ccc4nccnc4c3)CCCCC12. The van der Waals surface area contributed by atoms with E-state index in [0.717, 1.165) is 11.0 Å². The Bertz CT molecular complexity index is 635. The van der Waals surface area contributed by atoms with E-state index in [2.05, 4.69) is 40.1 Å². The minimum absolute atomic E-state index is 0.360. The number of aromatic nitrogens is 2. The maximum Gasteiger partial charge on any atom is 0.0889 e. The van der Waals surface area contributed by atoms with Crippen molar-refractivity contribution in [3.63, 3.8) is 0 Å². The van der Waals surface area contributed by atoms with Crippen LogP contribution in [0.15, 0.2) is 30.6 Å². The number of fused-ring (bicyclic) bond motifs is 2. The van der Waals surface area contributed by atoms with E-state index in [1.54, 1.807) is 12.4 Å². The molecule has 1 aromatic heterocycles. The van der Waals surface area contributed by atoms with E-state index >= 15 is 0 Å². The molecule has 2 heterocycles. The molecule has 20 heavy (non-hydrogen) atoms. The van der Waals surface area contributed by atoms with Gasteiger partial charge in [0.1, 0.15) is 0 Å². The molecule has 1 saturated heterocycles. The van der Waals surface area contributed by atoms with Crippen molar-refractivity contribution in [3.05, 3.63) is 36.2 Å². The molecule has 2 aromatic rings. The van der Waals surface area contributed by atoms with Crippen LogP contribution < -0.4 is 0 Å². The highest BCUT2D eigenvalue weighted by Gasteiger charge is 2.48. The van der Waals surface area contributed by atoms with Gasteiger partial charge in [0.2, 0.25) is 0 Å². The van der Waals surface area contributed by atoms with Gasteiger partial charge in [0.05, 0.1) is 11.0 Å². The van der Waals surface area contributed by atoms with Gasteiger partial charge in [-0.1, -0.05) is 18.9 Å². The topological polar surface area (TPSA) is 29.0 Å². The summed E-state index contributed by atoms with van der Waals surface area (Å²) in [6, 6.07) is 7.45. The second kappa shape index (κ2) is 4.52. The summed E-state index contributed by atoms with van der Waals surface area (Å²) in [4.78, 5) is 11.5. The van der Waals surface area contributed by atoms with Crippen LogP contribution in [-0.4, -0.2) is 34.5 Å². The normalized spacial score (nSPS) is 30.6. The molecule has 1 aliphatic heterocycles. The van der Waals surface area contributed by atoms with Crippen LogP contribution in [0.4, 0.5) is 0 Å². The van der Waals surface area contributed by atoms with Crippen LogP contribution in [0.3, 0.4) is 0 Å². The molecule has 0 amide bonds. The Morgan fingerprint density at radius 1 is 1.10 bits per heavy atom. The van der Waals surface area contributed by atoms with Gasteiger partial charge < -0.3 is 4.90 Å². The van der Waals surface area contributed by atoms with Crippen LogP contribution in [0.1, 0.15) is 37.7 Å². The van der Waals surface area contributed by atoms with Gasteiger partial charge in [0.25, 0.3) is 0 Å². The van der Waals surface area contributed by atoms with Gasteiger partial charge >= 0.3 is 0 Å². The maximum absolute atomic E-state index is 4.49. The van der Waals surface area contributed by atoms with Crippen LogP contribution in [-0.2, 0) is 5.41 Å². The Labute approximate surface area is 120 Å². The lowest BCUT2D eigenvalue weighted by atomic mass is 9.66. The molecule has 1 unspecified atom stereocenters. The minimum atomic E-state index is 0.360. The highest BCUT2D eigenvalue weighted by atomic mass is 15.2. The van der Waals surface area contributed by atoms with Crippen molar-refractivity contribution in [2.75, 3.05) is 13.6 Å². The Morgan fingerprint density at radius 3 is 2.85 bits per heavy atom. The number of hydrogen-bond donors (Lipinski definition) is 0. The number of likely N-dealkylation sites (tertiary alicyclic amines) is 1. The fourth-order valence-corrected chi connectivity index (χ4v) is 4.44. The summed E-state index contributed by atoms with van der Waals surface area (Å²) >= 11 is 0. The van der Waals surface area contributed by atoms with Gasteiger partial charge in [0, 0.05) is 23.9 Å². The Hall–Kier alpha value is -1.48. The molecule has 3 heteroatoms. The molecule has 1 aromatic carbocycles. The second-order valence-electron chi connectivity index (χ2n) is 6.41. The second-order valence-corrected chi connectivity index (χ2v) is 6.41. The maximum atomic E-state index is 4.49. The van der Waals surface area contributed by atoms with Crippen LogP contribution in [0.2, 0.25) is 0 Å². The third-order valence-corrected chi connectivity index (χ3v) is 5.48. The first kappa shape index (κ1) is 12.3. The van der Waals surface area contributed by atoms with E-state index in [4.69, 9.17) is 0 Å². The predicted octanol–water partition coefficient (Wildman–Crippen LogP) is 3.15. The van der Waals surface area contributed by atoms with E-state index < -0.39 is 0 Å². The van der Waals surface area contributed by atoms with Crippen molar-refractivity contribution in [2.45, 2.75) is 43.6 Å².